The van der Waals surface area contributed by atoms with Gasteiger partial charge in [-0.15, -0.1) is 11.8 Å². The van der Waals surface area contributed by atoms with Crippen LogP contribution in [0.25, 0.3) is 0 Å². The SMILES string of the molecule is CCNC(=O)c1ccc(SC)c(N)c1. The lowest BCUT2D eigenvalue weighted by molar-refractivity contribution is 0.0956. The van der Waals surface area contributed by atoms with Crippen LogP contribution in [0.3, 0.4) is 0 Å². The Labute approximate surface area is 88.1 Å². The molecular formula is C10H14N2OS. The molecule has 0 aliphatic carbocycles. The summed E-state index contributed by atoms with van der Waals surface area (Å²) < 4.78 is 0. The Balaban J connectivity index is 2.91. The van der Waals surface area contributed by atoms with E-state index in [1.807, 2.05) is 19.2 Å². The van der Waals surface area contributed by atoms with E-state index >= 15 is 0 Å². The van der Waals surface area contributed by atoms with Crippen LogP contribution >= 0.6 is 11.8 Å². The van der Waals surface area contributed by atoms with Gasteiger partial charge in [-0.1, -0.05) is 0 Å². The molecule has 0 fully saturated rings. The predicted octanol–water partition coefficient (Wildman–Crippen LogP) is 1.74. The lowest BCUT2D eigenvalue weighted by Crippen LogP contribution is -2.22. The maximum atomic E-state index is 11.4. The van der Waals surface area contributed by atoms with Gasteiger partial charge in [0, 0.05) is 22.7 Å². The fourth-order valence-corrected chi connectivity index (χ4v) is 1.64. The molecule has 3 nitrogen and oxygen atoms in total. The van der Waals surface area contributed by atoms with Gasteiger partial charge in [-0.2, -0.15) is 0 Å². The molecule has 0 atom stereocenters. The molecule has 14 heavy (non-hydrogen) atoms. The molecule has 1 amide bonds. The van der Waals surface area contributed by atoms with E-state index in [-0.39, 0.29) is 5.91 Å². The minimum absolute atomic E-state index is 0.0770. The Hall–Kier alpha value is -1.16. The molecule has 76 valence electrons. The van der Waals surface area contributed by atoms with Crippen molar-refractivity contribution < 1.29 is 4.79 Å². The topological polar surface area (TPSA) is 55.1 Å². The van der Waals surface area contributed by atoms with Gasteiger partial charge in [0.05, 0.1) is 0 Å². The average molecular weight is 210 g/mol. The number of hydrogen-bond acceptors (Lipinski definition) is 3. The van der Waals surface area contributed by atoms with Crippen LogP contribution in [0.2, 0.25) is 0 Å². The van der Waals surface area contributed by atoms with E-state index in [0.29, 0.717) is 17.8 Å². The van der Waals surface area contributed by atoms with E-state index < -0.39 is 0 Å². The van der Waals surface area contributed by atoms with Crippen LogP contribution in [0.5, 0.6) is 0 Å². The molecule has 3 N–H and O–H groups in total. The first-order valence-electron chi connectivity index (χ1n) is 4.40. The number of rotatable bonds is 3. The lowest BCUT2D eigenvalue weighted by Gasteiger charge is -2.05. The van der Waals surface area contributed by atoms with E-state index in [1.54, 1.807) is 23.9 Å². The molecule has 0 bridgehead atoms. The largest absolute Gasteiger partial charge is 0.398 e. The van der Waals surface area contributed by atoms with E-state index in [4.69, 9.17) is 5.73 Å². The van der Waals surface area contributed by atoms with Crippen molar-refractivity contribution in [2.24, 2.45) is 0 Å². The average Bonchev–Trinajstić information content (AvgIpc) is 2.18. The van der Waals surface area contributed by atoms with E-state index in [9.17, 15) is 4.79 Å². The van der Waals surface area contributed by atoms with Gasteiger partial charge in [0.25, 0.3) is 5.91 Å². The highest BCUT2D eigenvalue weighted by atomic mass is 32.2. The van der Waals surface area contributed by atoms with Crippen molar-refractivity contribution in [2.45, 2.75) is 11.8 Å². The molecule has 0 aliphatic heterocycles. The molecular weight excluding hydrogens is 196 g/mol. The van der Waals surface area contributed by atoms with Crippen molar-refractivity contribution in [3.05, 3.63) is 23.8 Å². The first-order valence-corrected chi connectivity index (χ1v) is 5.63. The zero-order valence-corrected chi connectivity index (χ0v) is 9.15. The summed E-state index contributed by atoms with van der Waals surface area (Å²) in [4.78, 5) is 12.4. The molecule has 0 saturated carbocycles. The van der Waals surface area contributed by atoms with Crippen molar-refractivity contribution in [3.8, 4) is 0 Å². The Morgan fingerprint density at radius 1 is 1.57 bits per heavy atom. The van der Waals surface area contributed by atoms with Gasteiger partial charge in [-0.3, -0.25) is 4.79 Å². The Morgan fingerprint density at radius 2 is 2.29 bits per heavy atom. The van der Waals surface area contributed by atoms with Crippen LogP contribution in [0, 0.1) is 0 Å². The van der Waals surface area contributed by atoms with Gasteiger partial charge in [0.1, 0.15) is 0 Å². The van der Waals surface area contributed by atoms with Crippen LogP contribution in [0.1, 0.15) is 17.3 Å². The third-order valence-corrected chi connectivity index (χ3v) is 2.64. The standard InChI is InChI=1S/C10H14N2OS/c1-3-12-10(13)7-4-5-9(14-2)8(11)6-7/h4-6H,3,11H2,1-2H3,(H,12,13). The number of anilines is 1. The molecule has 0 saturated heterocycles. The van der Waals surface area contributed by atoms with E-state index in [0.717, 1.165) is 4.90 Å². The third-order valence-electron chi connectivity index (χ3n) is 1.83. The zero-order valence-electron chi connectivity index (χ0n) is 8.33. The maximum absolute atomic E-state index is 11.4. The number of carbonyl (C=O) groups excluding carboxylic acids is 1. The number of nitrogens with one attached hydrogen (secondary N) is 1. The quantitative estimate of drug-likeness (QED) is 0.590. The van der Waals surface area contributed by atoms with Gasteiger partial charge < -0.3 is 11.1 Å². The monoisotopic (exact) mass is 210 g/mol. The molecule has 1 aromatic carbocycles. The first-order chi connectivity index (χ1) is 6.69. The number of nitrogen functional groups attached to an aromatic ring is 1. The summed E-state index contributed by atoms with van der Waals surface area (Å²) in [7, 11) is 0. The number of carbonyl (C=O) groups is 1. The predicted molar refractivity (Wildman–Crippen MR) is 60.6 cm³/mol. The summed E-state index contributed by atoms with van der Waals surface area (Å²) in [5.41, 5.74) is 7.03. The Kier molecular flexibility index (Phi) is 3.83. The molecule has 0 heterocycles. The molecule has 4 heteroatoms. The number of benzene rings is 1. The Morgan fingerprint density at radius 3 is 2.79 bits per heavy atom. The highest BCUT2D eigenvalue weighted by Crippen LogP contribution is 2.23. The van der Waals surface area contributed by atoms with Crippen molar-refractivity contribution in [2.75, 3.05) is 18.5 Å². The van der Waals surface area contributed by atoms with Crippen molar-refractivity contribution >= 4 is 23.4 Å². The van der Waals surface area contributed by atoms with Gasteiger partial charge in [0.2, 0.25) is 0 Å². The molecule has 0 radical (unpaired) electrons. The van der Waals surface area contributed by atoms with Crippen molar-refractivity contribution in [1.82, 2.24) is 5.32 Å². The molecule has 1 rings (SSSR count). The summed E-state index contributed by atoms with van der Waals surface area (Å²) in [6.45, 7) is 2.51. The summed E-state index contributed by atoms with van der Waals surface area (Å²) in [5.74, 6) is -0.0770. The zero-order chi connectivity index (χ0) is 10.6. The van der Waals surface area contributed by atoms with Gasteiger partial charge >= 0.3 is 0 Å². The van der Waals surface area contributed by atoms with Crippen LogP contribution in [0.15, 0.2) is 23.1 Å². The normalized spacial score (nSPS) is 9.86. The maximum Gasteiger partial charge on any atom is 0.251 e. The van der Waals surface area contributed by atoms with Crippen LogP contribution in [-0.4, -0.2) is 18.7 Å². The lowest BCUT2D eigenvalue weighted by atomic mass is 10.2. The highest BCUT2D eigenvalue weighted by Gasteiger charge is 2.06. The van der Waals surface area contributed by atoms with Crippen molar-refractivity contribution in [3.63, 3.8) is 0 Å². The fraction of sp³-hybridized carbons (Fsp3) is 0.300. The van der Waals surface area contributed by atoms with Gasteiger partial charge in [-0.25, -0.2) is 0 Å². The molecule has 0 aliphatic rings. The summed E-state index contributed by atoms with van der Waals surface area (Å²) in [5, 5.41) is 2.73. The van der Waals surface area contributed by atoms with Crippen LogP contribution in [-0.2, 0) is 0 Å². The molecule has 0 aromatic heterocycles. The third kappa shape index (κ3) is 2.42. The van der Waals surface area contributed by atoms with Crippen LogP contribution in [0.4, 0.5) is 5.69 Å². The van der Waals surface area contributed by atoms with Gasteiger partial charge in [-0.05, 0) is 31.4 Å². The summed E-state index contributed by atoms with van der Waals surface area (Å²) >= 11 is 1.57. The molecule has 1 aromatic rings. The van der Waals surface area contributed by atoms with Gasteiger partial charge in [0.15, 0.2) is 0 Å². The van der Waals surface area contributed by atoms with Crippen molar-refractivity contribution in [1.29, 1.82) is 0 Å². The Bertz CT molecular complexity index is 339. The van der Waals surface area contributed by atoms with Crippen LogP contribution < -0.4 is 11.1 Å². The smallest absolute Gasteiger partial charge is 0.251 e. The highest BCUT2D eigenvalue weighted by molar-refractivity contribution is 7.98. The first kappa shape index (κ1) is 10.9. The second-order valence-corrected chi connectivity index (χ2v) is 3.66. The second-order valence-electron chi connectivity index (χ2n) is 2.82. The van der Waals surface area contributed by atoms with E-state index in [2.05, 4.69) is 5.32 Å². The summed E-state index contributed by atoms with van der Waals surface area (Å²) in [6.07, 6.45) is 1.96. The molecule has 0 unspecified atom stereocenters. The minimum Gasteiger partial charge on any atom is -0.398 e. The number of thioether (sulfide) groups is 1. The summed E-state index contributed by atoms with van der Waals surface area (Å²) in [6, 6.07) is 5.36. The molecule has 0 spiro atoms. The number of amides is 1. The fourth-order valence-electron chi connectivity index (χ4n) is 1.14. The van der Waals surface area contributed by atoms with E-state index in [1.165, 1.54) is 0 Å². The number of nitrogens with two attached hydrogens (primary N) is 1. The second kappa shape index (κ2) is 4.91. The number of hydrogen-bond donors (Lipinski definition) is 2. The minimum atomic E-state index is -0.0770.